The molecule has 2 aromatic rings. The average Bonchev–Trinajstić information content (AvgIpc) is 2.59. The molecule has 0 aromatic heterocycles. The maximum absolute atomic E-state index is 11.8. The number of aliphatic hydroxyl groups is 1. The van der Waals surface area contributed by atoms with Crippen LogP contribution in [0.25, 0.3) is 0 Å². The summed E-state index contributed by atoms with van der Waals surface area (Å²) in [6.45, 7) is -0.0615. The van der Waals surface area contributed by atoms with Crippen molar-refractivity contribution in [2.45, 2.75) is 12.5 Å². The summed E-state index contributed by atoms with van der Waals surface area (Å²) in [4.78, 5) is 23.5. The molecule has 0 aliphatic rings. The second kappa shape index (κ2) is 9.05. The Morgan fingerprint density at radius 2 is 1.62 bits per heavy atom. The molecule has 1 unspecified atom stereocenters. The summed E-state index contributed by atoms with van der Waals surface area (Å²) in [5.41, 5.74) is 1.54. The summed E-state index contributed by atoms with van der Waals surface area (Å²) in [6.07, 6.45) is -0.604. The van der Waals surface area contributed by atoms with Gasteiger partial charge in [-0.3, -0.25) is 9.59 Å². The Morgan fingerprint density at radius 3 is 2.29 bits per heavy atom. The predicted octanol–water partition coefficient (Wildman–Crippen LogP) is 1.85. The molecule has 2 rings (SSSR count). The number of hydrogen-bond donors (Lipinski definition) is 3. The molecule has 0 radical (unpaired) electrons. The van der Waals surface area contributed by atoms with Crippen molar-refractivity contribution in [3.8, 4) is 0 Å². The molecule has 1 atom stereocenters. The molecule has 3 N–H and O–H groups in total. The highest BCUT2D eigenvalue weighted by molar-refractivity contribution is 6.30. The molecule has 126 valence electrons. The first-order valence-electron chi connectivity index (χ1n) is 7.55. The van der Waals surface area contributed by atoms with Gasteiger partial charge >= 0.3 is 0 Å². The quantitative estimate of drug-likeness (QED) is 0.716. The maximum atomic E-state index is 11.8. The van der Waals surface area contributed by atoms with E-state index in [0.717, 1.165) is 5.56 Å². The first-order valence-corrected chi connectivity index (χ1v) is 7.93. The summed E-state index contributed by atoms with van der Waals surface area (Å²) >= 11 is 5.78. The number of amides is 2. The van der Waals surface area contributed by atoms with Gasteiger partial charge in [0.05, 0.1) is 19.1 Å². The van der Waals surface area contributed by atoms with Crippen molar-refractivity contribution in [3.05, 3.63) is 70.7 Å². The molecule has 2 aromatic carbocycles. The fourth-order valence-corrected chi connectivity index (χ4v) is 2.22. The van der Waals surface area contributed by atoms with Gasteiger partial charge in [0, 0.05) is 11.6 Å². The van der Waals surface area contributed by atoms with E-state index >= 15 is 0 Å². The Morgan fingerprint density at radius 1 is 0.958 bits per heavy atom. The number of carbonyl (C=O) groups excluding carboxylic acids is 2. The third kappa shape index (κ3) is 6.02. The number of halogens is 1. The number of benzene rings is 2. The average molecular weight is 347 g/mol. The highest BCUT2D eigenvalue weighted by atomic mass is 35.5. The maximum Gasteiger partial charge on any atom is 0.239 e. The van der Waals surface area contributed by atoms with E-state index in [-0.39, 0.29) is 31.3 Å². The largest absolute Gasteiger partial charge is 0.387 e. The first kappa shape index (κ1) is 18.0. The van der Waals surface area contributed by atoms with E-state index in [4.69, 9.17) is 11.6 Å². The molecule has 0 fully saturated rings. The fraction of sp³-hybridized carbons (Fsp3) is 0.222. The lowest BCUT2D eigenvalue weighted by atomic mass is 10.1. The van der Waals surface area contributed by atoms with Crippen LogP contribution in [0, 0.1) is 0 Å². The highest BCUT2D eigenvalue weighted by Crippen LogP contribution is 2.15. The van der Waals surface area contributed by atoms with Gasteiger partial charge in [-0.15, -0.1) is 0 Å². The van der Waals surface area contributed by atoms with Crippen molar-refractivity contribution in [1.29, 1.82) is 0 Å². The van der Waals surface area contributed by atoms with Crippen LogP contribution in [-0.2, 0) is 16.0 Å². The SMILES string of the molecule is O=C(CNC(=O)Cc1ccccc1)NCC(O)c1ccc(Cl)cc1. The molecule has 0 spiro atoms. The monoisotopic (exact) mass is 346 g/mol. The Labute approximate surface area is 145 Å². The first-order chi connectivity index (χ1) is 11.5. The van der Waals surface area contributed by atoms with Crippen LogP contribution < -0.4 is 10.6 Å². The molecule has 0 bridgehead atoms. The zero-order chi connectivity index (χ0) is 17.4. The summed E-state index contributed by atoms with van der Waals surface area (Å²) in [5, 5.41) is 15.7. The number of hydrogen-bond acceptors (Lipinski definition) is 3. The molecular weight excluding hydrogens is 328 g/mol. The van der Waals surface area contributed by atoms with E-state index in [2.05, 4.69) is 10.6 Å². The molecule has 0 aliphatic carbocycles. The highest BCUT2D eigenvalue weighted by Gasteiger charge is 2.10. The summed E-state index contributed by atoms with van der Waals surface area (Å²) in [6, 6.07) is 16.0. The molecule has 24 heavy (non-hydrogen) atoms. The standard InChI is InChI=1S/C18H19ClN2O3/c19-15-8-6-14(7-9-15)16(22)11-20-18(24)12-21-17(23)10-13-4-2-1-3-5-13/h1-9,16,22H,10-12H2,(H,20,24)(H,21,23). The van der Waals surface area contributed by atoms with Crippen LogP contribution in [0.1, 0.15) is 17.2 Å². The second-order valence-electron chi connectivity index (χ2n) is 5.31. The van der Waals surface area contributed by atoms with E-state index in [1.807, 2.05) is 30.3 Å². The van der Waals surface area contributed by atoms with Gasteiger partial charge in [-0.1, -0.05) is 54.1 Å². The lowest BCUT2D eigenvalue weighted by molar-refractivity contribution is -0.126. The Kier molecular flexibility index (Phi) is 6.78. The zero-order valence-electron chi connectivity index (χ0n) is 13.0. The van der Waals surface area contributed by atoms with Gasteiger partial charge in [0.1, 0.15) is 0 Å². The van der Waals surface area contributed by atoms with Crippen LogP contribution >= 0.6 is 11.6 Å². The minimum Gasteiger partial charge on any atom is -0.387 e. The topological polar surface area (TPSA) is 78.4 Å². The van der Waals surface area contributed by atoms with Crippen LogP contribution in [0.15, 0.2) is 54.6 Å². The van der Waals surface area contributed by atoms with Crippen LogP contribution in [0.2, 0.25) is 5.02 Å². The van der Waals surface area contributed by atoms with Gasteiger partial charge in [0.2, 0.25) is 11.8 Å². The molecular formula is C18H19ClN2O3. The van der Waals surface area contributed by atoms with Gasteiger partial charge in [0.25, 0.3) is 0 Å². The lowest BCUT2D eigenvalue weighted by Gasteiger charge is -2.12. The molecule has 0 aliphatic heterocycles. The lowest BCUT2D eigenvalue weighted by Crippen LogP contribution is -2.39. The molecule has 0 saturated heterocycles. The van der Waals surface area contributed by atoms with Crippen molar-refractivity contribution < 1.29 is 14.7 Å². The second-order valence-corrected chi connectivity index (χ2v) is 5.75. The number of nitrogens with one attached hydrogen (secondary N) is 2. The number of rotatable bonds is 7. The van der Waals surface area contributed by atoms with Crippen molar-refractivity contribution in [3.63, 3.8) is 0 Å². The Hall–Kier alpha value is -2.37. The van der Waals surface area contributed by atoms with E-state index in [9.17, 15) is 14.7 Å². The third-order valence-corrected chi connectivity index (χ3v) is 3.65. The zero-order valence-corrected chi connectivity index (χ0v) is 13.8. The van der Waals surface area contributed by atoms with Crippen LogP contribution in [0.4, 0.5) is 0 Å². The van der Waals surface area contributed by atoms with E-state index in [1.54, 1.807) is 24.3 Å². The fourth-order valence-electron chi connectivity index (χ4n) is 2.10. The van der Waals surface area contributed by atoms with Crippen molar-refractivity contribution in [1.82, 2.24) is 10.6 Å². The smallest absolute Gasteiger partial charge is 0.239 e. The van der Waals surface area contributed by atoms with Gasteiger partial charge < -0.3 is 15.7 Å². The van der Waals surface area contributed by atoms with Crippen molar-refractivity contribution in [2.75, 3.05) is 13.1 Å². The normalized spacial score (nSPS) is 11.6. The molecule has 0 heterocycles. The van der Waals surface area contributed by atoms with E-state index in [1.165, 1.54) is 0 Å². The number of aliphatic hydroxyl groups excluding tert-OH is 1. The van der Waals surface area contributed by atoms with Crippen LogP contribution in [0.3, 0.4) is 0 Å². The molecule has 5 nitrogen and oxygen atoms in total. The minimum absolute atomic E-state index is 0.0645. The Bertz CT molecular complexity index is 674. The molecule has 2 amide bonds. The van der Waals surface area contributed by atoms with Crippen molar-refractivity contribution >= 4 is 23.4 Å². The summed E-state index contributed by atoms with van der Waals surface area (Å²) in [5.74, 6) is -0.584. The third-order valence-electron chi connectivity index (χ3n) is 3.40. The van der Waals surface area contributed by atoms with Crippen LogP contribution in [-0.4, -0.2) is 30.0 Å². The Balaban J connectivity index is 1.69. The summed E-state index contributed by atoms with van der Waals surface area (Å²) < 4.78 is 0. The van der Waals surface area contributed by atoms with Crippen molar-refractivity contribution in [2.24, 2.45) is 0 Å². The van der Waals surface area contributed by atoms with Gasteiger partial charge in [-0.25, -0.2) is 0 Å². The van der Waals surface area contributed by atoms with E-state index < -0.39 is 6.10 Å². The summed E-state index contributed by atoms with van der Waals surface area (Å²) in [7, 11) is 0. The molecule has 0 saturated carbocycles. The van der Waals surface area contributed by atoms with E-state index in [0.29, 0.717) is 10.6 Å². The van der Waals surface area contributed by atoms with Gasteiger partial charge in [-0.2, -0.15) is 0 Å². The molecule has 6 heteroatoms. The van der Waals surface area contributed by atoms with Gasteiger partial charge in [-0.05, 0) is 23.3 Å². The van der Waals surface area contributed by atoms with Crippen LogP contribution in [0.5, 0.6) is 0 Å². The predicted molar refractivity (Wildman–Crippen MR) is 92.6 cm³/mol. The minimum atomic E-state index is -0.828. The number of carbonyl (C=O) groups is 2. The van der Waals surface area contributed by atoms with Gasteiger partial charge in [0.15, 0.2) is 0 Å².